The van der Waals surface area contributed by atoms with Gasteiger partial charge in [-0.25, -0.2) is 0 Å². The first-order chi connectivity index (χ1) is 12.4. The smallest absolute Gasteiger partial charge is 0.146 e. The van der Waals surface area contributed by atoms with Gasteiger partial charge in [0.25, 0.3) is 0 Å². The highest BCUT2D eigenvalue weighted by Crippen LogP contribution is 2.39. The van der Waals surface area contributed by atoms with Crippen LogP contribution < -0.4 is 5.32 Å². The van der Waals surface area contributed by atoms with Gasteiger partial charge in [0.15, 0.2) is 0 Å². The van der Waals surface area contributed by atoms with Crippen molar-refractivity contribution in [3.05, 3.63) is 82.9 Å². The van der Waals surface area contributed by atoms with E-state index in [9.17, 15) is 0 Å². The molecule has 2 aromatic rings. The van der Waals surface area contributed by atoms with E-state index in [2.05, 4.69) is 66.0 Å². The van der Waals surface area contributed by atoms with Crippen molar-refractivity contribution >= 4 is 0 Å². The second kappa shape index (κ2) is 7.55. The monoisotopic (exact) mass is 333 g/mol. The van der Waals surface area contributed by atoms with Crippen molar-refractivity contribution in [2.24, 2.45) is 0 Å². The average Bonchev–Trinajstić information content (AvgIpc) is 2.68. The summed E-state index contributed by atoms with van der Waals surface area (Å²) in [6, 6.07) is 21.3. The SMILES string of the molecule is c1ccc(COC2(Cc3ccccc3)NCCC3=C2CCCC3)cc1. The van der Waals surface area contributed by atoms with Gasteiger partial charge in [0.05, 0.1) is 6.61 Å². The molecule has 130 valence electrons. The maximum Gasteiger partial charge on any atom is 0.146 e. The highest BCUT2D eigenvalue weighted by Gasteiger charge is 2.40. The number of hydrogen-bond donors (Lipinski definition) is 1. The van der Waals surface area contributed by atoms with Crippen LogP contribution in [0, 0.1) is 0 Å². The topological polar surface area (TPSA) is 21.3 Å². The van der Waals surface area contributed by atoms with Crippen LogP contribution in [0.15, 0.2) is 71.8 Å². The van der Waals surface area contributed by atoms with Crippen LogP contribution in [0.25, 0.3) is 0 Å². The van der Waals surface area contributed by atoms with Crippen LogP contribution in [0.3, 0.4) is 0 Å². The number of rotatable bonds is 5. The lowest BCUT2D eigenvalue weighted by atomic mass is 9.79. The van der Waals surface area contributed by atoms with E-state index in [4.69, 9.17) is 4.74 Å². The first-order valence-electron chi connectivity index (χ1n) is 9.54. The van der Waals surface area contributed by atoms with E-state index < -0.39 is 0 Å². The predicted octanol–water partition coefficient (Wildman–Crippen LogP) is 5.01. The van der Waals surface area contributed by atoms with E-state index in [1.165, 1.54) is 48.8 Å². The van der Waals surface area contributed by atoms with Gasteiger partial charge >= 0.3 is 0 Å². The van der Waals surface area contributed by atoms with Gasteiger partial charge in [-0.3, -0.25) is 5.32 Å². The normalized spacial score (nSPS) is 23.4. The molecule has 1 heterocycles. The quantitative estimate of drug-likeness (QED) is 0.777. The third-order valence-corrected chi connectivity index (χ3v) is 5.53. The maximum atomic E-state index is 6.66. The zero-order chi connectivity index (χ0) is 17.0. The van der Waals surface area contributed by atoms with Crippen molar-refractivity contribution in [3.8, 4) is 0 Å². The molecule has 1 unspecified atom stereocenters. The van der Waals surface area contributed by atoms with Crippen LogP contribution in [0.5, 0.6) is 0 Å². The molecule has 0 amide bonds. The lowest BCUT2D eigenvalue weighted by Crippen LogP contribution is -2.54. The molecule has 0 aromatic heterocycles. The predicted molar refractivity (Wildman–Crippen MR) is 102 cm³/mol. The summed E-state index contributed by atoms with van der Waals surface area (Å²) in [7, 11) is 0. The molecule has 0 spiro atoms. The maximum absolute atomic E-state index is 6.66. The second-order valence-corrected chi connectivity index (χ2v) is 7.23. The molecule has 2 aliphatic rings. The average molecular weight is 333 g/mol. The molecule has 0 fully saturated rings. The Bertz CT molecular complexity index is 718. The summed E-state index contributed by atoms with van der Waals surface area (Å²) in [5, 5.41) is 3.77. The van der Waals surface area contributed by atoms with E-state index in [0.29, 0.717) is 6.61 Å². The highest BCUT2D eigenvalue weighted by atomic mass is 16.5. The molecule has 25 heavy (non-hydrogen) atoms. The zero-order valence-corrected chi connectivity index (χ0v) is 14.8. The summed E-state index contributed by atoms with van der Waals surface area (Å²) in [6.45, 7) is 1.66. The zero-order valence-electron chi connectivity index (χ0n) is 14.8. The number of nitrogens with one attached hydrogen (secondary N) is 1. The Hall–Kier alpha value is -1.90. The molecule has 1 atom stereocenters. The fourth-order valence-corrected chi connectivity index (χ4v) is 4.28. The first kappa shape index (κ1) is 16.6. The van der Waals surface area contributed by atoms with Crippen molar-refractivity contribution in [1.82, 2.24) is 5.32 Å². The van der Waals surface area contributed by atoms with Crippen LogP contribution in [-0.4, -0.2) is 12.3 Å². The highest BCUT2D eigenvalue weighted by molar-refractivity contribution is 5.32. The molecule has 0 bridgehead atoms. The molecule has 1 aliphatic heterocycles. The van der Waals surface area contributed by atoms with Gasteiger partial charge in [-0.2, -0.15) is 0 Å². The van der Waals surface area contributed by atoms with Crippen LogP contribution >= 0.6 is 0 Å². The molecular weight excluding hydrogens is 306 g/mol. The van der Waals surface area contributed by atoms with Crippen molar-refractivity contribution in [1.29, 1.82) is 0 Å². The van der Waals surface area contributed by atoms with Crippen LogP contribution in [-0.2, 0) is 17.8 Å². The molecule has 0 saturated heterocycles. The summed E-state index contributed by atoms with van der Waals surface area (Å²) < 4.78 is 6.66. The number of benzene rings is 2. The Kier molecular flexibility index (Phi) is 5.00. The second-order valence-electron chi connectivity index (χ2n) is 7.23. The molecule has 2 nitrogen and oxygen atoms in total. The molecular formula is C23H27NO. The van der Waals surface area contributed by atoms with Gasteiger partial charge in [0.2, 0.25) is 0 Å². The van der Waals surface area contributed by atoms with Crippen LogP contribution in [0.4, 0.5) is 0 Å². The Morgan fingerprint density at radius 2 is 1.48 bits per heavy atom. The minimum atomic E-state index is -0.342. The lowest BCUT2D eigenvalue weighted by Gasteiger charge is -2.44. The summed E-state index contributed by atoms with van der Waals surface area (Å²) in [4.78, 5) is 0. The molecule has 0 radical (unpaired) electrons. The van der Waals surface area contributed by atoms with Crippen LogP contribution in [0.2, 0.25) is 0 Å². The third-order valence-electron chi connectivity index (χ3n) is 5.53. The van der Waals surface area contributed by atoms with Gasteiger partial charge in [0.1, 0.15) is 5.72 Å². The number of hydrogen-bond acceptors (Lipinski definition) is 2. The molecule has 4 rings (SSSR count). The van der Waals surface area contributed by atoms with Gasteiger partial charge in [-0.05, 0) is 48.8 Å². The van der Waals surface area contributed by atoms with Crippen molar-refractivity contribution in [2.75, 3.05) is 6.54 Å². The van der Waals surface area contributed by atoms with E-state index in [1.54, 1.807) is 5.57 Å². The summed E-state index contributed by atoms with van der Waals surface area (Å²) >= 11 is 0. The Balaban J connectivity index is 1.65. The first-order valence-corrected chi connectivity index (χ1v) is 9.54. The fourth-order valence-electron chi connectivity index (χ4n) is 4.28. The standard InChI is InChI=1S/C23H27NO/c1-3-9-19(10-4-1)17-23(25-18-20-11-5-2-6-12-20)22-14-8-7-13-21(22)15-16-24-23/h1-6,9-12,24H,7-8,13-18H2. The van der Waals surface area contributed by atoms with Gasteiger partial charge < -0.3 is 4.74 Å². The molecule has 1 N–H and O–H groups in total. The lowest BCUT2D eigenvalue weighted by molar-refractivity contribution is -0.0611. The Labute approximate surface area is 150 Å². The fraction of sp³-hybridized carbons (Fsp3) is 0.391. The summed E-state index contributed by atoms with van der Waals surface area (Å²) in [6.07, 6.45) is 7.12. The molecule has 2 heteroatoms. The minimum Gasteiger partial charge on any atom is -0.352 e. The van der Waals surface area contributed by atoms with Gasteiger partial charge in [-0.15, -0.1) is 0 Å². The van der Waals surface area contributed by atoms with E-state index in [0.717, 1.165) is 13.0 Å². The third kappa shape index (κ3) is 3.70. The van der Waals surface area contributed by atoms with E-state index >= 15 is 0 Å². The molecule has 0 saturated carbocycles. The Morgan fingerprint density at radius 3 is 2.24 bits per heavy atom. The number of ether oxygens (including phenoxy) is 1. The van der Waals surface area contributed by atoms with Gasteiger partial charge in [0, 0.05) is 13.0 Å². The Morgan fingerprint density at radius 1 is 0.800 bits per heavy atom. The van der Waals surface area contributed by atoms with Crippen molar-refractivity contribution in [2.45, 2.75) is 50.9 Å². The van der Waals surface area contributed by atoms with Crippen LogP contribution in [0.1, 0.15) is 43.2 Å². The van der Waals surface area contributed by atoms with E-state index in [1.807, 2.05) is 0 Å². The largest absolute Gasteiger partial charge is 0.352 e. The van der Waals surface area contributed by atoms with Crippen molar-refractivity contribution < 1.29 is 4.74 Å². The summed E-state index contributed by atoms with van der Waals surface area (Å²) in [5.41, 5.74) is 5.41. The summed E-state index contributed by atoms with van der Waals surface area (Å²) in [5.74, 6) is 0. The van der Waals surface area contributed by atoms with E-state index in [-0.39, 0.29) is 5.72 Å². The van der Waals surface area contributed by atoms with Gasteiger partial charge in [-0.1, -0.05) is 66.2 Å². The molecule has 2 aromatic carbocycles. The van der Waals surface area contributed by atoms with Crippen molar-refractivity contribution in [3.63, 3.8) is 0 Å². The minimum absolute atomic E-state index is 0.342. The molecule has 1 aliphatic carbocycles.